The van der Waals surface area contributed by atoms with Crippen LogP contribution >= 0.6 is 15.9 Å². The first-order valence-electron chi connectivity index (χ1n) is 17.8. The number of nitro groups is 1. The highest BCUT2D eigenvalue weighted by atomic mass is 79.9. The number of benzene rings is 3. The summed E-state index contributed by atoms with van der Waals surface area (Å²) in [6.45, 7) is 1.93. The second-order valence-corrected chi connectivity index (χ2v) is 14.1. The number of hydrogen-bond acceptors (Lipinski definition) is 13. The number of nitrogens with one attached hydrogen (secondary N) is 2. The van der Waals surface area contributed by atoms with Crippen LogP contribution in [0.15, 0.2) is 71.6 Å². The van der Waals surface area contributed by atoms with Gasteiger partial charge in [-0.15, -0.1) is 0 Å². The number of imide groups is 1. The zero-order valence-corrected chi connectivity index (χ0v) is 32.5. The Hall–Kier alpha value is -6.47. The van der Waals surface area contributed by atoms with Gasteiger partial charge in [0, 0.05) is 51.4 Å². The second-order valence-electron chi connectivity index (χ2n) is 13.2. The van der Waals surface area contributed by atoms with Crippen LogP contribution in [0, 0.1) is 10.1 Å². The van der Waals surface area contributed by atoms with E-state index in [-0.39, 0.29) is 56.9 Å². The van der Waals surface area contributed by atoms with Crippen molar-refractivity contribution in [2.75, 3.05) is 30.5 Å². The average molecular weight is 843 g/mol. The van der Waals surface area contributed by atoms with Crippen LogP contribution in [0.4, 0.5) is 23.1 Å². The van der Waals surface area contributed by atoms with Gasteiger partial charge in [0.1, 0.15) is 42.8 Å². The van der Waals surface area contributed by atoms with Crippen LogP contribution in [-0.2, 0) is 39.3 Å². The number of carbonyl (C=O) groups excluding carboxylic acids is 4. The molecule has 0 saturated carbocycles. The van der Waals surface area contributed by atoms with Crippen LogP contribution in [0.5, 0.6) is 11.5 Å². The molecule has 4 heterocycles. The number of piperidine rings is 1. The first-order chi connectivity index (χ1) is 27.4. The lowest BCUT2D eigenvalue weighted by atomic mass is 10.0. The predicted molar refractivity (Wildman–Crippen MR) is 208 cm³/mol. The molecule has 0 radical (unpaired) electrons. The fourth-order valence-electron chi connectivity index (χ4n) is 6.77. The maximum Gasteiger partial charge on any atom is 0.434 e. The van der Waals surface area contributed by atoms with Crippen molar-refractivity contribution < 1.29 is 38.3 Å². The van der Waals surface area contributed by atoms with Gasteiger partial charge in [0.2, 0.25) is 11.8 Å². The summed E-state index contributed by atoms with van der Waals surface area (Å²) in [6.07, 6.45) is 2.33. The smallest absolute Gasteiger partial charge is 0.434 e. The summed E-state index contributed by atoms with van der Waals surface area (Å²) in [5.41, 5.74) is 3.22. The van der Waals surface area contributed by atoms with Crippen molar-refractivity contribution in [3.63, 3.8) is 0 Å². The van der Waals surface area contributed by atoms with Crippen molar-refractivity contribution in [1.29, 1.82) is 0 Å². The molecule has 2 aliphatic heterocycles. The summed E-state index contributed by atoms with van der Waals surface area (Å²) in [5.74, 6) is -0.736. The van der Waals surface area contributed by atoms with Crippen LogP contribution in [0.1, 0.15) is 41.4 Å². The number of aromatic nitrogens is 4. The van der Waals surface area contributed by atoms with E-state index < -0.39 is 28.9 Å². The Morgan fingerprint density at radius 2 is 1.91 bits per heavy atom. The van der Waals surface area contributed by atoms with Crippen molar-refractivity contribution in [3.05, 3.63) is 98.5 Å². The van der Waals surface area contributed by atoms with Gasteiger partial charge in [-0.2, -0.15) is 0 Å². The number of anilines is 3. The topological polar surface area (TPSA) is 213 Å². The molecular weight excluding hydrogens is 806 g/mol. The predicted octanol–water partition coefficient (Wildman–Crippen LogP) is 4.56. The molecule has 5 aromatic rings. The number of carbonyl (C=O) groups is 4. The Kier molecular flexibility index (Phi) is 11.1. The molecule has 2 unspecified atom stereocenters. The van der Waals surface area contributed by atoms with Gasteiger partial charge < -0.3 is 39.4 Å². The van der Waals surface area contributed by atoms with E-state index in [2.05, 4.69) is 41.5 Å². The van der Waals surface area contributed by atoms with E-state index in [9.17, 15) is 29.3 Å². The van der Waals surface area contributed by atoms with Gasteiger partial charge in [-0.05, 0) is 54.7 Å². The van der Waals surface area contributed by atoms with Gasteiger partial charge in [0.15, 0.2) is 11.5 Å². The van der Waals surface area contributed by atoms with E-state index in [1.54, 1.807) is 44.3 Å². The third kappa shape index (κ3) is 7.96. The number of ether oxygens (including phenoxy) is 3. The van der Waals surface area contributed by atoms with E-state index in [0.717, 1.165) is 10.2 Å². The molecule has 0 bridgehead atoms. The molecular formula is C38H36BrN9O9. The minimum absolute atomic E-state index is 0.0199. The van der Waals surface area contributed by atoms with E-state index in [0.29, 0.717) is 50.7 Å². The lowest BCUT2D eigenvalue weighted by Crippen LogP contribution is -2.52. The van der Waals surface area contributed by atoms with Crippen LogP contribution in [0.2, 0.25) is 0 Å². The molecule has 1 saturated heterocycles. The van der Waals surface area contributed by atoms with Gasteiger partial charge in [-0.25, -0.2) is 14.5 Å². The van der Waals surface area contributed by atoms with Crippen molar-refractivity contribution >= 4 is 73.6 Å². The van der Waals surface area contributed by atoms with E-state index in [4.69, 9.17) is 14.2 Å². The van der Waals surface area contributed by atoms with Crippen LogP contribution in [0.3, 0.4) is 0 Å². The van der Waals surface area contributed by atoms with Gasteiger partial charge >= 0.3 is 5.95 Å². The zero-order chi connectivity index (χ0) is 40.4. The highest BCUT2D eigenvalue weighted by Crippen LogP contribution is 2.38. The lowest BCUT2D eigenvalue weighted by molar-refractivity contribution is -0.396. The molecule has 4 amide bonds. The maximum absolute atomic E-state index is 13.2. The molecule has 19 heteroatoms. The molecule has 3 aromatic carbocycles. The Labute approximate surface area is 333 Å². The van der Waals surface area contributed by atoms with Crippen LogP contribution in [-0.4, -0.2) is 85.4 Å². The Balaban J connectivity index is 1.04. The number of halogens is 1. The van der Waals surface area contributed by atoms with Gasteiger partial charge in [-0.3, -0.25) is 24.5 Å². The molecule has 294 valence electrons. The normalized spacial score (nSPS) is 15.6. The van der Waals surface area contributed by atoms with E-state index >= 15 is 0 Å². The summed E-state index contributed by atoms with van der Waals surface area (Å²) in [6, 6.07) is 15.2. The molecule has 1 fully saturated rings. The molecule has 0 aliphatic carbocycles. The fraction of sp³-hybridized carbons (Fsp3) is 0.289. The van der Waals surface area contributed by atoms with Crippen LogP contribution < -0.4 is 25.0 Å². The van der Waals surface area contributed by atoms with Crippen molar-refractivity contribution in [2.24, 2.45) is 7.05 Å². The molecule has 2 aliphatic rings. The molecule has 18 nitrogen and oxygen atoms in total. The first kappa shape index (κ1) is 38.8. The fourth-order valence-corrected chi connectivity index (χ4v) is 7.16. The summed E-state index contributed by atoms with van der Waals surface area (Å²) < 4.78 is 19.8. The Morgan fingerprint density at radius 1 is 1.11 bits per heavy atom. The maximum atomic E-state index is 13.2. The SMILES string of the molecule is COc1cc2ncnc(N(Cc3cnc([N+](=O)[O-])n3C)c3cccc(Br)c3)c2cc1OCCOC(C)C(=O)Nc1cccc2c1CN(C1CCC(=O)NC1=O)C2=O. The number of methoxy groups -OCH3 is 1. The zero-order valence-electron chi connectivity index (χ0n) is 30.9. The number of hydrogen-bond donors (Lipinski definition) is 2. The Morgan fingerprint density at radius 3 is 2.65 bits per heavy atom. The standard InChI is InChI=1S/C38H36BrN9O9/c1-21(35(50)43-28-9-5-8-25-27(28)19-47(37(25)52)30-10-11-33(49)44-36(30)51)56-12-13-57-32-15-26-29(16-31(32)55-3)41-20-42-34(26)46(23-7-4-6-22(39)14-23)18-24-17-40-38(45(24)2)48(53)54/h4-9,14-17,20-21,30H,10-13,18-19H2,1-3H3,(H,43,50)(H,44,49,51). The summed E-state index contributed by atoms with van der Waals surface area (Å²) in [5, 5.41) is 17.3. The summed E-state index contributed by atoms with van der Waals surface area (Å²) >= 11 is 3.54. The number of fused-ring (bicyclic) bond motifs is 2. The highest BCUT2D eigenvalue weighted by molar-refractivity contribution is 9.10. The van der Waals surface area contributed by atoms with E-state index in [1.165, 1.54) is 29.1 Å². The van der Waals surface area contributed by atoms with Gasteiger partial charge in [-0.1, -0.05) is 33.0 Å². The average Bonchev–Trinajstić information content (AvgIpc) is 3.73. The van der Waals surface area contributed by atoms with Crippen molar-refractivity contribution in [2.45, 2.75) is 45.0 Å². The molecule has 0 spiro atoms. The van der Waals surface area contributed by atoms with Gasteiger partial charge in [0.05, 0.1) is 32.8 Å². The molecule has 2 atom stereocenters. The molecule has 7 rings (SSSR count). The van der Waals surface area contributed by atoms with E-state index in [1.807, 2.05) is 29.2 Å². The third-order valence-electron chi connectivity index (χ3n) is 9.74. The minimum atomic E-state index is -0.909. The van der Waals surface area contributed by atoms with Gasteiger partial charge in [0.25, 0.3) is 11.8 Å². The third-order valence-corrected chi connectivity index (χ3v) is 10.2. The number of imidazole rings is 1. The lowest BCUT2D eigenvalue weighted by Gasteiger charge is -2.29. The first-order valence-corrected chi connectivity index (χ1v) is 18.6. The molecule has 2 aromatic heterocycles. The van der Waals surface area contributed by atoms with Crippen molar-refractivity contribution in [1.82, 2.24) is 29.7 Å². The Bertz CT molecular complexity index is 2420. The number of amides is 4. The number of nitrogens with zero attached hydrogens (tertiary/aromatic N) is 7. The van der Waals surface area contributed by atoms with Crippen LogP contribution in [0.25, 0.3) is 10.9 Å². The monoisotopic (exact) mass is 841 g/mol. The quantitative estimate of drug-likeness (QED) is 0.0680. The summed E-state index contributed by atoms with van der Waals surface area (Å²) in [4.78, 5) is 78.0. The highest BCUT2D eigenvalue weighted by Gasteiger charge is 2.40. The largest absolute Gasteiger partial charge is 0.493 e. The summed E-state index contributed by atoms with van der Waals surface area (Å²) in [7, 11) is 3.08. The molecule has 2 N–H and O–H groups in total. The number of rotatable bonds is 14. The second kappa shape index (κ2) is 16.3. The van der Waals surface area contributed by atoms with Crippen molar-refractivity contribution in [3.8, 4) is 11.5 Å². The molecule has 57 heavy (non-hydrogen) atoms. The minimum Gasteiger partial charge on any atom is -0.493 e.